The number of amides is 3. The standard InChI is InChI=1S/C20H26N4O2/c1-3-20(21,4-2)14-22-18(25)15-10-12-17(13-11-15)24-19(26)23-16-8-6-5-7-9-16/h5-13H,3-4,14,21H2,1-2H3,(H,22,25)(H2,23,24,26). The number of hydrogen-bond donors (Lipinski definition) is 4. The molecule has 6 heteroatoms. The Bertz CT molecular complexity index is 725. The van der Waals surface area contributed by atoms with Crippen LogP contribution in [0.15, 0.2) is 54.6 Å². The van der Waals surface area contributed by atoms with Crippen LogP contribution in [0.4, 0.5) is 16.2 Å². The molecular formula is C20H26N4O2. The first-order valence-electron chi connectivity index (χ1n) is 8.76. The summed E-state index contributed by atoms with van der Waals surface area (Å²) in [6.45, 7) is 4.45. The van der Waals surface area contributed by atoms with E-state index in [4.69, 9.17) is 5.73 Å². The van der Waals surface area contributed by atoms with Gasteiger partial charge in [0.1, 0.15) is 0 Å². The summed E-state index contributed by atoms with van der Waals surface area (Å²) in [6, 6.07) is 15.5. The molecule has 2 aromatic carbocycles. The third kappa shape index (κ3) is 5.60. The third-order valence-corrected chi connectivity index (χ3v) is 4.45. The fourth-order valence-corrected chi connectivity index (χ4v) is 2.38. The van der Waals surface area contributed by atoms with Crippen LogP contribution in [0, 0.1) is 0 Å². The largest absolute Gasteiger partial charge is 0.350 e. The van der Waals surface area contributed by atoms with Crippen LogP contribution in [-0.2, 0) is 0 Å². The smallest absolute Gasteiger partial charge is 0.323 e. The zero-order valence-electron chi connectivity index (χ0n) is 15.2. The molecule has 0 aliphatic carbocycles. The first-order valence-corrected chi connectivity index (χ1v) is 8.76. The molecule has 2 aromatic rings. The number of carbonyl (C=O) groups is 2. The molecule has 0 unspecified atom stereocenters. The Morgan fingerprint density at radius 1 is 0.885 bits per heavy atom. The highest BCUT2D eigenvalue weighted by Crippen LogP contribution is 2.13. The van der Waals surface area contributed by atoms with Crippen LogP contribution in [0.5, 0.6) is 0 Å². The van der Waals surface area contributed by atoms with E-state index in [1.54, 1.807) is 36.4 Å². The van der Waals surface area contributed by atoms with Crippen LogP contribution in [0.1, 0.15) is 37.0 Å². The van der Waals surface area contributed by atoms with Gasteiger partial charge in [-0.2, -0.15) is 0 Å². The van der Waals surface area contributed by atoms with Crippen molar-refractivity contribution >= 4 is 23.3 Å². The second-order valence-corrected chi connectivity index (χ2v) is 6.27. The maximum atomic E-state index is 12.2. The lowest BCUT2D eigenvalue weighted by atomic mass is 9.94. The molecule has 3 amide bonds. The molecule has 138 valence electrons. The van der Waals surface area contributed by atoms with Crippen LogP contribution in [0.2, 0.25) is 0 Å². The fourth-order valence-electron chi connectivity index (χ4n) is 2.38. The van der Waals surface area contributed by atoms with Crippen molar-refractivity contribution in [3.8, 4) is 0 Å². The summed E-state index contributed by atoms with van der Waals surface area (Å²) in [5.74, 6) is -0.179. The number of para-hydroxylation sites is 1. The number of rotatable bonds is 7. The number of benzene rings is 2. The average molecular weight is 354 g/mol. The zero-order chi connectivity index (χ0) is 19.0. The Morgan fingerprint density at radius 3 is 1.96 bits per heavy atom. The summed E-state index contributed by atoms with van der Waals surface area (Å²) in [4.78, 5) is 24.2. The van der Waals surface area contributed by atoms with Crippen molar-refractivity contribution in [3.63, 3.8) is 0 Å². The highest BCUT2D eigenvalue weighted by molar-refractivity contribution is 6.00. The van der Waals surface area contributed by atoms with Crippen molar-refractivity contribution in [1.82, 2.24) is 5.32 Å². The summed E-state index contributed by atoms with van der Waals surface area (Å²) in [5, 5.41) is 8.33. The normalized spacial score (nSPS) is 10.9. The molecule has 6 nitrogen and oxygen atoms in total. The molecule has 0 heterocycles. The van der Waals surface area contributed by atoms with E-state index in [2.05, 4.69) is 16.0 Å². The van der Waals surface area contributed by atoms with Crippen LogP contribution in [-0.4, -0.2) is 24.0 Å². The van der Waals surface area contributed by atoms with Gasteiger partial charge in [0.05, 0.1) is 0 Å². The quantitative estimate of drug-likeness (QED) is 0.612. The maximum absolute atomic E-state index is 12.2. The highest BCUT2D eigenvalue weighted by Gasteiger charge is 2.21. The number of hydrogen-bond acceptors (Lipinski definition) is 3. The molecule has 0 aromatic heterocycles. The Hall–Kier alpha value is -2.86. The van der Waals surface area contributed by atoms with Gasteiger partial charge in [0.2, 0.25) is 0 Å². The Labute approximate surface area is 154 Å². The maximum Gasteiger partial charge on any atom is 0.323 e. The second kappa shape index (κ2) is 9.01. The molecule has 0 fully saturated rings. The van der Waals surface area contributed by atoms with E-state index in [9.17, 15) is 9.59 Å². The number of anilines is 2. The van der Waals surface area contributed by atoms with Crippen molar-refractivity contribution in [3.05, 3.63) is 60.2 Å². The molecule has 0 aliphatic heterocycles. The molecular weight excluding hydrogens is 328 g/mol. The van der Waals surface area contributed by atoms with Gasteiger partial charge >= 0.3 is 6.03 Å². The Balaban J connectivity index is 1.89. The van der Waals surface area contributed by atoms with Crippen molar-refractivity contribution in [2.24, 2.45) is 5.73 Å². The summed E-state index contributed by atoms with van der Waals surface area (Å²) in [7, 11) is 0. The fraction of sp³-hybridized carbons (Fsp3) is 0.300. The molecule has 5 N–H and O–H groups in total. The van der Waals surface area contributed by atoms with Gasteiger partial charge in [-0.25, -0.2) is 4.79 Å². The van der Waals surface area contributed by atoms with E-state index in [0.717, 1.165) is 12.8 Å². The summed E-state index contributed by atoms with van der Waals surface area (Å²) in [6.07, 6.45) is 1.59. The van der Waals surface area contributed by atoms with E-state index >= 15 is 0 Å². The third-order valence-electron chi connectivity index (χ3n) is 4.45. The minimum atomic E-state index is -0.382. The number of urea groups is 1. The number of nitrogens with two attached hydrogens (primary N) is 1. The van der Waals surface area contributed by atoms with Gasteiger partial charge in [0, 0.05) is 29.0 Å². The summed E-state index contributed by atoms with van der Waals surface area (Å²) < 4.78 is 0. The van der Waals surface area contributed by atoms with Gasteiger partial charge in [-0.15, -0.1) is 0 Å². The SMILES string of the molecule is CCC(N)(CC)CNC(=O)c1ccc(NC(=O)Nc2ccccc2)cc1. The van der Waals surface area contributed by atoms with Crippen molar-refractivity contribution in [1.29, 1.82) is 0 Å². The van der Waals surface area contributed by atoms with E-state index in [1.165, 1.54) is 0 Å². The van der Waals surface area contributed by atoms with E-state index in [1.807, 2.05) is 32.0 Å². The van der Waals surface area contributed by atoms with Gasteiger partial charge in [0.25, 0.3) is 5.91 Å². The van der Waals surface area contributed by atoms with E-state index in [0.29, 0.717) is 23.5 Å². The molecule has 0 bridgehead atoms. The van der Waals surface area contributed by atoms with Gasteiger partial charge in [-0.3, -0.25) is 4.79 Å². The summed E-state index contributed by atoms with van der Waals surface area (Å²) in [5.41, 5.74) is 7.64. The van der Waals surface area contributed by atoms with Crippen molar-refractivity contribution in [2.75, 3.05) is 17.2 Å². The molecule has 0 radical (unpaired) electrons. The lowest BCUT2D eigenvalue weighted by Gasteiger charge is -2.26. The van der Waals surface area contributed by atoms with Gasteiger partial charge in [-0.05, 0) is 49.2 Å². The summed E-state index contributed by atoms with van der Waals surface area (Å²) >= 11 is 0. The molecule has 2 rings (SSSR count). The molecule has 0 aliphatic rings. The Morgan fingerprint density at radius 2 is 1.42 bits per heavy atom. The minimum absolute atomic E-state index is 0.179. The Kier molecular flexibility index (Phi) is 6.74. The molecule has 0 atom stereocenters. The first-order chi connectivity index (χ1) is 12.5. The molecule has 26 heavy (non-hydrogen) atoms. The predicted octanol–water partition coefficient (Wildman–Crippen LogP) is 3.58. The van der Waals surface area contributed by atoms with Crippen molar-refractivity contribution < 1.29 is 9.59 Å². The molecule has 0 saturated heterocycles. The van der Waals surface area contributed by atoms with Crippen LogP contribution in [0.25, 0.3) is 0 Å². The molecule has 0 saturated carbocycles. The van der Waals surface area contributed by atoms with Crippen LogP contribution >= 0.6 is 0 Å². The molecule has 0 spiro atoms. The monoisotopic (exact) mass is 354 g/mol. The minimum Gasteiger partial charge on any atom is -0.350 e. The lowest BCUT2D eigenvalue weighted by Crippen LogP contribution is -2.49. The second-order valence-electron chi connectivity index (χ2n) is 6.27. The predicted molar refractivity (Wildman–Crippen MR) is 105 cm³/mol. The van der Waals surface area contributed by atoms with Crippen LogP contribution in [0.3, 0.4) is 0 Å². The van der Waals surface area contributed by atoms with Gasteiger partial charge in [0.15, 0.2) is 0 Å². The zero-order valence-corrected chi connectivity index (χ0v) is 15.2. The van der Waals surface area contributed by atoms with E-state index in [-0.39, 0.29) is 17.5 Å². The number of nitrogens with one attached hydrogen (secondary N) is 3. The topological polar surface area (TPSA) is 96.2 Å². The van der Waals surface area contributed by atoms with Gasteiger partial charge < -0.3 is 21.7 Å². The van der Waals surface area contributed by atoms with Crippen molar-refractivity contribution in [2.45, 2.75) is 32.2 Å². The lowest BCUT2D eigenvalue weighted by molar-refractivity contribution is 0.0942. The van der Waals surface area contributed by atoms with E-state index < -0.39 is 0 Å². The highest BCUT2D eigenvalue weighted by atomic mass is 16.2. The average Bonchev–Trinajstić information content (AvgIpc) is 2.67. The van der Waals surface area contributed by atoms with Crippen LogP contribution < -0.4 is 21.7 Å². The number of carbonyl (C=O) groups excluding carboxylic acids is 2. The van der Waals surface area contributed by atoms with Gasteiger partial charge in [-0.1, -0.05) is 32.0 Å². The first kappa shape index (κ1) is 19.5.